The molecule has 0 aliphatic carbocycles. The summed E-state index contributed by atoms with van der Waals surface area (Å²) < 4.78 is 0. The van der Waals surface area contributed by atoms with Crippen LogP contribution in [0, 0.1) is 6.92 Å². The number of carboxylic acid groups (broad SMARTS) is 1. The highest BCUT2D eigenvalue weighted by atomic mass is 16.4. The summed E-state index contributed by atoms with van der Waals surface area (Å²) in [4.78, 5) is 15.9. The largest absolute Gasteiger partial charge is 0.465 e. The summed E-state index contributed by atoms with van der Waals surface area (Å²) in [5.41, 5.74) is 4.64. The van der Waals surface area contributed by atoms with Gasteiger partial charge in [-0.05, 0) is 18.6 Å². The fourth-order valence-corrected chi connectivity index (χ4v) is 2.50. The molecule has 0 bridgehead atoms. The number of amides is 1. The Labute approximate surface area is 98.9 Å². The van der Waals surface area contributed by atoms with Gasteiger partial charge in [0.1, 0.15) is 0 Å². The molecule has 3 rings (SSSR count). The zero-order valence-electron chi connectivity index (χ0n) is 9.66. The third-order valence-electron chi connectivity index (χ3n) is 3.40. The Morgan fingerprint density at radius 1 is 1.47 bits per heavy atom. The van der Waals surface area contributed by atoms with Gasteiger partial charge in [-0.3, -0.25) is 0 Å². The Bertz CT molecular complexity index is 601. The van der Waals surface area contributed by atoms with Gasteiger partial charge in [-0.2, -0.15) is 0 Å². The van der Waals surface area contributed by atoms with Crippen LogP contribution in [0.1, 0.15) is 16.8 Å². The number of rotatable bonds is 0. The Kier molecular flexibility index (Phi) is 2.11. The number of aryl methyl sites for hydroxylation is 1. The number of aromatic amines is 1. The SMILES string of the molecule is Cc1ccc2c3c([nH]c2c1)CCN(C(=O)O)C3. The summed E-state index contributed by atoms with van der Waals surface area (Å²) in [7, 11) is 0. The highest BCUT2D eigenvalue weighted by Gasteiger charge is 2.23. The van der Waals surface area contributed by atoms with Gasteiger partial charge in [0.25, 0.3) is 0 Å². The topological polar surface area (TPSA) is 56.3 Å². The predicted octanol–water partition coefficient (Wildman–Crippen LogP) is 2.51. The van der Waals surface area contributed by atoms with Crippen molar-refractivity contribution >= 4 is 17.0 Å². The molecule has 1 aromatic heterocycles. The van der Waals surface area contributed by atoms with Gasteiger partial charge < -0.3 is 15.0 Å². The molecule has 0 fully saturated rings. The average molecular weight is 230 g/mol. The molecule has 1 aliphatic heterocycles. The molecule has 0 saturated heterocycles. The summed E-state index contributed by atoms with van der Waals surface area (Å²) >= 11 is 0. The van der Waals surface area contributed by atoms with Crippen LogP contribution in [0.2, 0.25) is 0 Å². The van der Waals surface area contributed by atoms with Crippen molar-refractivity contribution in [1.29, 1.82) is 0 Å². The normalized spacial score (nSPS) is 15.0. The predicted molar refractivity (Wildman–Crippen MR) is 65.2 cm³/mol. The number of nitrogens with one attached hydrogen (secondary N) is 1. The van der Waals surface area contributed by atoms with Crippen LogP contribution >= 0.6 is 0 Å². The molecular weight excluding hydrogens is 216 g/mol. The first kappa shape index (κ1) is 10.2. The number of hydrogen-bond acceptors (Lipinski definition) is 1. The first-order valence-corrected chi connectivity index (χ1v) is 5.73. The zero-order valence-corrected chi connectivity index (χ0v) is 9.66. The number of benzene rings is 1. The second-order valence-corrected chi connectivity index (χ2v) is 4.59. The maximum atomic E-state index is 11.0. The molecule has 0 atom stereocenters. The van der Waals surface area contributed by atoms with Crippen molar-refractivity contribution < 1.29 is 9.90 Å². The van der Waals surface area contributed by atoms with E-state index in [0.717, 1.165) is 22.9 Å². The van der Waals surface area contributed by atoms with E-state index in [0.29, 0.717) is 13.1 Å². The quantitative estimate of drug-likeness (QED) is 0.730. The molecule has 0 unspecified atom stereocenters. The third kappa shape index (κ3) is 1.56. The lowest BCUT2D eigenvalue weighted by Crippen LogP contribution is -2.34. The lowest BCUT2D eigenvalue weighted by Gasteiger charge is -2.24. The van der Waals surface area contributed by atoms with Crippen LogP contribution in [0.3, 0.4) is 0 Å². The zero-order chi connectivity index (χ0) is 12.0. The number of nitrogens with zero attached hydrogens (tertiary/aromatic N) is 1. The van der Waals surface area contributed by atoms with E-state index in [1.807, 2.05) is 0 Å². The van der Waals surface area contributed by atoms with Crippen molar-refractivity contribution in [2.75, 3.05) is 6.54 Å². The lowest BCUT2D eigenvalue weighted by molar-refractivity contribution is 0.140. The molecule has 4 nitrogen and oxygen atoms in total. The fourth-order valence-electron chi connectivity index (χ4n) is 2.50. The standard InChI is InChI=1S/C13H14N2O2/c1-8-2-3-9-10-7-15(13(16)17)5-4-11(10)14-12(9)6-8/h2-3,6,14H,4-5,7H2,1H3,(H,16,17). The second-order valence-electron chi connectivity index (χ2n) is 4.59. The van der Waals surface area contributed by atoms with Crippen molar-refractivity contribution in [3.05, 3.63) is 35.0 Å². The molecule has 2 heterocycles. The summed E-state index contributed by atoms with van der Waals surface area (Å²) in [6, 6.07) is 6.25. The van der Waals surface area contributed by atoms with E-state index in [1.54, 1.807) is 0 Å². The minimum Gasteiger partial charge on any atom is -0.465 e. The van der Waals surface area contributed by atoms with Gasteiger partial charge in [0.15, 0.2) is 0 Å². The molecule has 0 spiro atoms. The molecular formula is C13H14N2O2. The summed E-state index contributed by atoms with van der Waals surface area (Å²) in [6.45, 7) is 3.13. The number of fused-ring (bicyclic) bond motifs is 3. The monoisotopic (exact) mass is 230 g/mol. The molecule has 2 aromatic rings. The minimum atomic E-state index is -0.836. The molecule has 4 heteroatoms. The van der Waals surface area contributed by atoms with Gasteiger partial charge in [-0.15, -0.1) is 0 Å². The van der Waals surface area contributed by atoms with Crippen molar-refractivity contribution in [2.45, 2.75) is 19.9 Å². The minimum absolute atomic E-state index is 0.494. The lowest BCUT2D eigenvalue weighted by atomic mass is 10.0. The summed E-state index contributed by atoms with van der Waals surface area (Å²) in [5.74, 6) is 0. The molecule has 1 aliphatic rings. The molecule has 88 valence electrons. The molecule has 2 N–H and O–H groups in total. The fraction of sp³-hybridized carbons (Fsp3) is 0.308. The second kappa shape index (κ2) is 3.52. The van der Waals surface area contributed by atoms with E-state index >= 15 is 0 Å². The molecule has 0 radical (unpaired) electrons. The van der Waals surface area contributed by atoms with E-state index in [-0.39, 0.29) is 0 Å². The number of H-pyrrole nitrogens is 1. The van der Waals surface area contributed by atoms with Crippen LogP contribution in [0.5, 0.6) is 0 Å². The van der Waals surface area contributed by atoms with Crippen LogP contribution in [0.4, 0.5) is 4.79 Å². The molecule has 1 amide bonds. The smallest absolute Gasteiger partial charge is 0.407 e. The van der Waals surface area contributed by atoms with E-state index in [9.17, 15) is 4.79 Å². The molecule has 0 saturated carbocycles. The third-order valence-corrected chi connectivity index (χ3v) is 3.40. The van der Waals surface area contributed by atoms with Crippen molar-refractivity contribution in [3.63, 3.8) is 0 Å². The summed E-state index contributed by atoms with van der Waals surface area (Å²) in [5, 5.41) is 10.2. The van der Waals surface area contributed by atoms with Crippen molar-refractivity contribution in [2.24, 2.45) is 0 Å². The number of aromatic nitrogens is 1. The van der Waals surface area contributed by atoms with Crippen LogP contribution < -0.4 is 0 Å². The first-order chi connectivity index (χ1) is 8.15. The Morgan fingerprint density at radius 3 is 3.06 bits per heavy atom. The van der Waals surface area contributed by atoms with Gasteiger partial charge in [-0.25, -0.2) is 4.79 Å². The van der Waals surface area contributed by atoms with Gasteiger partial charge in [0, 0.05) is 35.1 Å². The Morgan fingerprint density at radius 2 is 2.29 bits per heavy atom. The Hall–Kier alpha value is -1.97. The number of hydrogen-bond donors (Lipinski definition) is 2. The van der Waals surface area contributed by atoms with Crippen LogP contribution in [0.15, 0.2) is 18.2 Å². The summed E-state index contributed by atoms with van der Waals surface area (Å²) in [6.07, 6.45) is -0.0628. The van der Waals surface area contributed by atoms with E-state index in [4.69, 9.17) is 5.11 Å². The van der Waals surface area contributed by atoms with Gasteiger partial charge in [0.05, 0.1) is 6.54 Å². The van der Waals surface area contributed by atoms with E-state index in [2.05, 4.69) is 30.1 Å². The maximum absolute atomic E-state index is 11.0. The maximum Gasteiger partial charge on any atom is 0.407 e. The van der Waals surface area contributed by atoms with Crippen molar-refractivity contribution in [3.8, 4) is 0 Å². The van der Waals surface area contributed by atoms with Crippen LogP contribution in [0.25, 0.3) is 10.9 Å². The molecule has 17 heavy (non-hydrogen) atoms. The Balaban J connectivity index is 2.12. The molecule has 1 aromatic carbocycles. The van der Waals surface area contributed by atoms with Crippen LogP contribution in [-0.2, 0) is 13.0 Å². The van der Waals surface area contributed by atoms with Crippen LogP contribution in [-0.4, -0.2) is 27.6 Å². The number of carbonyl (C=O) groups is 1. The average Bonchev–Trinajstić information content (AvgIpc) is 2.64. The highest BCUT2D eigenvalue weighted by molar-refractivity contribution is 5.86. The van der Waals surface area contributed by atoms with Gasteiger partial charge >= 0.3 is 6.09 Å². The van der Waals surface area contributed by atoms with E-state index < -0.39 is 6.09 Å². The van der Waals surface area contributed by atoms with Crippen molar-refractivity contribution in [1.82, 2.24) is 9.88 Å². The van der Waals surface area contributed by atoms with Gasteiger partial charge in [-0.1, -0.05) is 12.1 Å². The van der Waals surface area contributed by atoms with Gasteiger partial charge in [0.2, 0.25) is 0 Å². The first-order valence-electron chi connectivity index (χ1n) is 5.73. The van der Waals surface area contributed by atoms with E-state index in [1.165, 1.54) is 16.2 Å². The highest BCUT2D eigenvalue weighted by Crippen LogP contribution is 2.28.